The standard InChI is InChI=1S/C16H19IN2O2/c1-11-8-13(17)5-7-15(11)18-16(20)10-19(3)9-14-6-4-12(2)21-14/h4-8H,9-10H2,1-3H3,(H,18,20)/p+1. The summed E-state index contributed by atoms with van der Waals surface area (Å²) in [5, 5.41) is 2.97. The van der Waals surface area contributed by atoms with E-state index in [4.69, 9.17) is 4.42 Å². The quantitative estimate of drug-likeness (QED) is 0.758. The molecule has 0 aliphatic heterocycles. The van der Waals surface area contributed by atoms with E-state index in [9.17, 15) is 4.79 Å². The molecule has 0 saturated heterocycles. The molecule has 1 unspecified atom stereocenters. The van der Waals surface area contributed by atoms with Gasteiger partial charge in [-0.3, -0.25) is 4.79 Å². The van der Waals surface area contributed by atoms with Gasteiger partial charge in [-0.25, -0.2) is 0 Å². The molecular weight excluding hydrogens is 379 g/mol. The first kappa shape index (κ1) is 16.0. The van der Waals surface area contributed by atoms with Crippen LogP contribution in [-0.4, -0.2) is 19.5 Å². The number of aryl methyl sites for hydroxylation is 2. The fourth-order valence-corrected chi connectivity index (χ4v) is 2.82. The van der Waals surface area contributed by atoms with Crippen molar-refractivity contribution in [3.8, 4) is 0 Å². The summed E-state index contributed by atoms with van der Waals surface area (Å²) in [7, 11) is 1.98. The highest BCUT2D eigenvalue weighted by Gasteiger charge is 2.13. The van der Waals surface area contributed by atoms with E-state index in [0.29, 0.717) is 13.1 Å². The molecule has 4 nitrogen and oxygen atoms in total. The number of anilines is 1. The summed E-state index contributed by atoms with van der Waals surface area (Å²) in [5.74, 6) is 1.82. The maximum Gasteiger partial charge on any atom is 0.279 e. The summed E-state index contributed by atoms with van der Waals surface area (Å²) in [6, 6.07) is 9.89. The maximum absolute atomic E-state index is 12.1. The minimum absolute atomic E-state index is 0.0140. The third-order valence-corrected chi connectivity index (χ3v) is 3.87. The van der Waals surface area contributed by atoms with Gasteiger partial charge < -0.3 is 14.6 Å². The molecule has 1 aromatic carbocycles. The first-order valence-corrected chi connectivity index (χ1v) is 7.94. The van der Waals surface area contributed by atoms with Gasteiger partial charge in [0.05, 0.1) is 7.05 Å². The molecule has 1 heterocycles. The zero-order valence-corrected chi connectivity index (χ0v) is 14.7. The predicted molar refractivity (Wildman–Crippen MR) is 91.4 cm³/mol. The zero-order chi connectivity index (χ0) is 15.4. The average Bonchev–Trinajstić information content (AvgIpc) is 2.78. The minimum Gasteiger partial charge on any atom is -0.460 e. The fraction of sp³-hybridized carbons (Fsp3) is 0.312. The van der Waals surface area contributed by atoms with Crippen LogP contribution in [0.2, 0.25) is 0 Å². The fourth-order valence-electron chi connectivity index (χ4n) is 2.18. The monoisotopic (exact) mass is 399 g/mol. The van der Waals surface area contributed by atoms with E-state index in [2.05, 4.69) is 34.0 Å². The van der Waals surface area contributed by atoms with Crippen molar-refractivity contribution >= 4 is 34.2 Å². The topological polar surface area (TPSA) is 46.7 Å². The lowest BCUT2D eigenvalue weighted by atomic mass is 10.2. The van der Waals surface area contributed by atoms with Crippen LogP contribution in [0, 0.1) is 17.4 Å². The van der Waals surface area contributed by atoms with Crippen LogP contribution in [-0.2, 0) is 11.3 Å². The van der Waals surface area contributed by atoms with Crippen LogP contribution < -0.4 is 10.2 Å². The van der Waals surface area contributed by atoms with Crippen molar-refractivity contribution in [1.29, 1.82) is 0 Å². The van der Waals surface area contributed by atoms with E-state index in [0.717, 1.165) is 27.7 Å². The first-order valence-electron chi connectivity index (χ1n) is 6.86. The molecule has 2 N–H and O–H groups in total. The van der Waals surface area contributed by atoms with E-state index in [1.807, 2.05) is 45.2 Å². The maximum atomic E-state index is 12.1. The Morgan fingerprint density at radius 3 is 2.67 bits per heavy atom. The van der Waals surface area contributed by atoms with Crippen LogP contribution in [0.3, 0.4) is 0 Å². The molecule has 0 bridgehead atoms. The number of nitrogens with one attached hydrogen (secondary N) is 2. The van der Waals surface area contributed by atoms with E-state index in [-0.39, 0.29) is 5.91 Å². The first-order chi connectivity index (χ1) is 9.94. The third kappa shape index (κ3) is 4.86. The number of halogens is 1. The zero-order valence-electron chi connectivity index (χ0n) is 12.5. The lowest BCUT2D eigenvalue weighted by Gasteiger charge is -2.13. The summed E-state index contributed by atoms with van der Waals surface area (Å²) < 4.78 is 6.70. The third-order valence-electron chi connectivity index (χ3n) is 3.20. The number of benzene rings is 1. The molecule has 2 aromatic rings. The van der Waals surface area contributed by atoms with Gasteiger partial charge in [0.1, 0.15) is 12.3 Å². The SMILES string of the molecule is Cc1ccc(C[NH+](C)CC(=O)Nc2ccc(I)cc2C)o1. The highest BCUT2D eigenvalue weighted by molar-refractivity contribution is 14.1. The summed E-state index contributed by atoms with van der Waals surface area (Å²) >= 11 is 2.26. The molecular formula is C16H20IN2O2+. The number of rotatable bonds is 5. The Morgan fingerprint density at radius 2 is 2.05 bits per heavy atom. The second-order valence-electron chi connectivity index (χ2n) is 5.33. The molecule has 1 aromatic heterocycles. The van der Waals surface area contributed by atoms with Gasteiger partial charge in [-0.2, -0.15) is 0 Å². The molecule has 21 heavy (non-hydrogen) atoms. The van der Waals surface area contributed by atoms with Gasteiger partial charge in [0.15, 0.2) is 12.3 Å². The van der Waals surface area contributed by atoms with Gasteiger partial charge in [0, 0.05) is 9.26 Å². The van der Waals surface area contributed by atoms with Gasteiger partial charge in [0.2, 0.25) is 0 Å². The Kier molecular flexibility index (Phi) is 5.41. The van der Waals surface area contributed by atoms with Crippen molar-refractivity contribution < 1.29 is 14.1 Å². The molecule has 1 amide bonds. The number of hydrogen-bond donors (Lipinski definition) is 2. The highest BCUT2D eigenvalue weighted by Crippen LogP contribution is 2.17. The van der Waals surface area contributed by atoms with Crippen molar-refractivity contribution in [3.05, 3.63) is 51.0 Å². The Morgan fingerprint density at radius 1 is 1.29 bits per heavy atom. The van der Waals surface area contributed by atoms with Gasteiger partial charge in [-0.1, -0.05) is 0 Å². The smallest absolute Gasteiger partial charge is 0.279 e. The second-order valence-corrected chi connectivity index (χ2v) is 6.58. The van der Waals surface area contributed by atoms with Crippen molar-refractivity contribution in [1.82, 2.24) is 0 Å². The predicted octanol–water partition coefficient (Wildman–Crippen LogP) is 2.15. The van der Waals surface area contributed by atoms with Crippen molar-refractivity contribution in [2.75, 3.05) is 18.9 Å². The van der Waals surface area contributed by atoms with Crippen LogP contribution in [0.4, 0.5) is 5.69 Å². The Balaban J connectivity index is 1.89. The number of hydrogen-bond acceptors (Lipinski definition) is 2. The summed E-state index contributed by atoms with van der Waals surface area (Å²) in [6.07, 6.45) is 0. The number of amides is 1. The van der Waals surface area contributed by atoms with Crippen molar-refractivity contribution in [3.63, 3.8) is 0 Å². The molecule has 1 atom stereocenters. The highest BCUT2D eigenvalue weighted by atomic mass is 127. The molecule has 0 radical (unpaired) electrons. The molecule has 112 valence electrons. The van der Waals surface area contributed by atoms with Crippen molar-refractivity contribution in [2.45, 2.75) is 20.4 Å². The molecule has 2 rings (SSSR count). The normalized spacial score (nSPS) is 12.2. The molecule has 0 aliphatic carbocycles. The molecule has 0 aliphatic rings. The van der Waals surface area contributed by atoms with E-state index in [1.54, 1.807) is 0 Å². The lowest BCUT2D eigenvalue weighted by Crippen LogP contribution is -3.08. The van der Waals surface area contributed by atoms with Crippen LogP contribution in [0.5, 0.6) is 0 Å². The van der Waals surface area contributed by atoms with Gasteiger partial charge in [-0.15, -0.1) is 0 Å². The largest absolute Gasteiger partial charge is 0.460 e. The van der Waals surface area contributed by atoms with E-state index in [1.165, 1.54) is 3.57 Å². The van der Waals surface area contributed by atoms with Gasteiger partial charge >= 0.3 is 0 Å². The van der Waals surface area contributed by atoms with E-state index < -0.39 is 0 Å². The van der Waals surface area contributed by atoms with Crippen LogP contribution in [0.1, 0.15) is 17.1 Å². The number of carbonyl (C=O) groups excluding carboxylic acids is 1. The average molecular weight is 399 g/mol. The number of furan rings is 1. The number of quaternary nitrogens is 1. The second kappa shape index (κ2) is 7.09. The molecule has 0 fully saturated rings. The number of carbonyl (C=O) groups is 1. The molecule has 5 heteroatoms. The van der Waals surface area contributed by atoms with Gasteiger partial charge in [0.25, 0.3) is 5.91 Å². The van der Waals surface area contributed by atoms with Crippen LogP contribution in [0.15, 0.2) is 34.7 Å². The summed E-state index contributed by atoms with van der Waals surface area (Å²) in [6.45, 7) is 5.03. The minimum atomic E-state index is 0.0140. The van der Waals surface area contributed by atoms with Crippen LogP contribution in [0.25, 0.3) is 0 Å². The summed E-state index contributed by atoms with van der Waals surface area (Å²) in [5.41, 5.74) is 1.96. The van der Waals surface area contributed by atoms with Gasteiger partial charge in [-0.05, 0) is 72.3 Å². The van der Waals surface area contributed by atoms with Crippen molar-refractivity contribution in [2.24, 2.45) is 0 Å². The Labute approximate surface area is 138 Å². The van der Waals surface area contributed by atoms with E-state index >= 15 is 0 Å². The number of likely N-dealkylation sites (N-methyl/N-ethyl adjacent to an activating group) is 1. The van der Waals surface area contributed by atoms with Crippen LogP contribution >= 0.6 is 22.6 Å². The molecule has 0 spiro atoms. The summed E-state index contributed by atoms with van der Waals surface area (Å²) in [4.78, 5) is 13.2. The Hall–Kier alpha value is -1.34. The molecule has 0 saturated carbocycles. The lowest BCUT2D eigenvalue weighted by molar-refractivity contribution is -0.886. The Bertz CT molecular complexity index is 637.